The van der Waals surface area contributed by atoms with Crippen molar-refractivity contribution in [3.05, 3.63) is 194 Å². The zero-order chi connectivity index (χ0) is 80.3. The lowest BCUT2D eigenvalue weighted by Crippen LogP contribution is -2.30. The van der Waals surface area contributed by atoms with Gasteiger partial charge in [0, 0.05) is 19.3 Å². The summed E-state index contributed by atoms with van der Waals surface area (Å²) in [5.74, 6) is -2.40. The van der Waals surface area contributed by atoms with Crippen molar-refractivity contribution in [3.63, 3.8) is 0 Å². The number of carbonyl (C=O) groups is 4. The summed E-state index contributed by atoms with van der Waals surface area (Å²) in [6, 6.07) is 0. The van der Waals surface area contributed by atoms with Crippen molar-refractivity contribution in [2.24, 2.45) is 0 Å². The van der Waals surface area contributed by atoms with Crippen LogP contribution in [-0.4, -0.2) is 96.7 Å². The van der Waals surface area contributed by atoms with Crippen molar-refractivity contribution in [1.82, 2.24) is 0 Å². The highest BCUT2D eigenvalue weighted by atomic mass is 31.2. The molecule has 0 saturated heterocycles. The SMILES string of the molecule is CC/C=C\C/C=C\C/C=C\C/C=C\C/C=C\CC(=O)OC(COC(=O)CCCCCC/C=C\C/C=C\C/C=C\C/C=C\CC)COP(=O)(O)OCC(O)COP(=O)(O)OCC(COC(=O)CCCCCCCC/C=C\C/C=C\C/C=C\C/C=C\CC)OC(=O)CCCCCCCC/C=C\C/C=C\C/C=C\CCCCC. The van der Waals surface area contributed by atoms with Gasteiger partial charge >= 0.3 is 39.5 Å². The van der Waals surface area contributed by atoms with E-state index < -0.39 is 97.5 Å². The van der Waals surface area contributed by atoms with Gasteiger partial charge < -0.3 is 33.8 Å². The molecule has 0 aliphatic rings. The van der Waals surface area contributed by atoms with Gasteiger partial charge in [-0.25, -0.2) is 9.13 Å². The zero-order valence-corrected chi connectivity index (χ0v) is 69.9. The molecule has 0 aliphatic carbocycles. The zero-order valence-electron chi connectivity index (χ0n) is 68.1. The highest BCUT2D eigenvalue weighted by molar-refractivity contribution is 7.47. The number of esters is 4. The van der Waals surface area contributed by atoms with Crippen molar-refractivity contribution in [2.45, 2.75) is 316 Å². The lowest BCUT2D eigenvalue weighted by atomic mass is 10.1. The average Bonchev–Trinajstić information content (AvgIpc) is 0.907. The summed E-state index contributed by atoms with van der Waals surface area (Å²) in [6.45, 7) is 4.32. The van der Waals surface area contributed by atoms with Gasteiger partial charge in [0.05, 0.1) is 32.8 Å². The third-order valence-corrected chi connectivity index (χ3v) is 18.5. The van der Waals surface area contributed by atoms with E-state index in [4.69, 9.17) is 37.0 Å². The first kappa shape index (κ1) is 104. The van der Waals surface area contributed by atoms with Crippen LogP contribution in [0.25, 0.3) is 0 Å². The standard InChI is InChI=1S/C91H146O17P2/c1-5-9-13-17-21-25-29-33-37-40-42-45-49-52-56-60-64-68-72-76-89(94)102-82-87(108-91(96)78-74-70-66-62-58-54-50-46-43-41-38-34-30-26-22-18-14-10-6-2)84-106-110(99,100)104-80-85(92)79-103-109(97,98)105-83-86(107-90(95)77-73-69-65-61-57-53-47-36-32-28-24-20-16-12-8-4)81-101-88(93)75-71-67-63-59-55-51-48-44-39-35-31-27-23-19-15-11-7-3/h9,11-13,15-16,21-28,33-39,42-43,45-48,51,57,61,69,73,85-87,92H,5-8,10,14,17-20,29-32,40-41,44,49-50,52-56,58-60,62-68,70-72,74-84H2,1-4H3,(H,97,98)(H,99,100)/b13-9-,15-11-,16-12-,25-21-,26-22-,27-23-,28-24-,37-33-,38-34-,39-35-,45-42-,46-43-,47-36-,51-48-,61-57-,73-69-. The van der Waals surface area contributed by atoms with Crippen LogP contribution in [0.4, 0.5) is 0 Å². The Balaban J connectivity index is 5.50. The number of aliphatic hydroxyl groups excluding tert-OH is 1. The molecule has 622 valence electrons. The summed E-state index contributed by atoms with van der Waals surface area (Å²) in [5.41, 5.74) is 0. The number of phosphoric acid groups is 2. The number of rotatable bonds is 76. The summed E-state index contributed by atoms with van der Waals surface area (Å²) < 4.78 is 68.6. The Morgan fingerprint density at radius 3 is 0.809 bits per heavy atom. The molecule has 0 amide bonds. The van der Waals surface area contributed by atoms with E-state index in [9.17, 15) is 43.2 Å². The van der Waals surface area contributed by atoms with Gasteiger partial charge in [-0.2, -0.15) is 0 Å². The van der Waals surface area contributed by atoms with Crippen LogP contribution in [0.3, 0.4) is 0 Å². The van der Waals surface area contributed by atoms with Gasteiger partial charge in [-0.3, -0.25) is 37.3 Å². The Morgan fingerprint density at radius 1 is 0.273 bits per heavy atom. The summed E-state index contributed by atoms with van der Waals surface area (Å²) in [7, 11) is -10.0. The lowest BCUT2D eigenvalue weighted by molar-refractivity contribution is -0.161. The third kappa shape index (κ3) is 80.0. The van der Waals surface area contributed by atoms with Gasteiger partial charge in [-0.05, 0) is 167 Å². The molecular formula is C91H146O17P2. The van der Waals surface area contributed by atoms with E-state index in [-0.39, 0.29) is 25.7 Å². The van der Waals surface area contributed by atoms with E-state index in [1.807, 2.05) is 12.2 Å². The number of ether oxygens (including phenoxy) is 4. The van der Waals surface area contributed by atoms with E-state index in [1.54, 1.807) is 12.2 Å². The molecule has 3 N–H and O–H groups in total. The van der Waals surface area contributed by atoms with Gasteiger partial charge in [0.2, 0.25) is 0 Å². The highest BCUT2D eigenvalue weighted by Gasteiger charge is 2.30. The first-order valence-electron chi connectivity index (χ1n) is 41.7. The van der Waals surface area contributed by atoms with Gasteiger partial charge in [-0.15, -0.1) is 0 Å². The summed E-state index contributed by atoms with van der Waals surface area (Å²) in [6.07, 6.45) is 100.0. The fourth-order valence-corrected chi connectivity index (χ4v) is 11.9. The molecule has 19 heteroatoms. The second kappa shape index (κ2) is 80.9. The Morgan fingerprint density at radius 2 is 0.509 bits per heavy atom. The summed E-state index contributed by atoms with van der Waals surface area (Å²) >= 11 is 0. The van der Waals surface area contributed by atoms with E-state index in [2.05, 4.69) is 198 Å². The number of phosphoric ester groups is 2. The summed E-state index contributed by atoms with van der Waals surface area (Å²) in [5, 5.41) is 10.7. The van der Waals surface area contributed by atoms with Crippen LogP contribution in [-0.2, 0) is 65.4 Å². The average molecular weight is 1570 g/mol. The fourth-order valence-electron chi connectivity index (χ4n) is 10.3. The normalized spacial score (nSPS) is 14.8. The molecule has 0 radical (unpaired) electrons. The number of hydrogen-bond acceptors (Lipinski definition) is 15. The first-order chi connectivity index (χ1) is 53.7. The van der Waals surface area contributed by atoms with Crippen LogP contribution in [0.1, 0.15) is 297 Å². The predicted molar refractivity (Wildman–Crippen MR) is 454 cm³/mol. The number of aliphatic hydroxyl groups is 1. The minimum atomic E-state index is -5.02. The molecule has 0 aliphatic heterocycles. The minimum Gasteiger partial charge on any atom is -0.462 e. The van der Waals surface area contributed by atoms with Gasteiger partial charge in [0.15, 0.2) is 12.2 Å². The van der Waals surface area contributed by atoms with Crippen LogP contribution in [0, 0.1) is 0 Å². The van der Waals surface area contributed by atoms with Crippen molar-refractivity contribution in [1.29, 1.82) is 0 Å². The van der Waals surface area contributed by atoms with Crippen molar-refractivity contribution < 1.29 is 80.2 Å². The monoisotopic (exact) mass is 1570 g/mol. The molecule has 0 fully saturated rings. The lowest BCUT2D eigenvalue weighted by Gasteiger charge is -2.21. The molecule has 0 heterocycles. The predicted octanol–water partition coefficient (Wildman–Crippen LogP) is 24.9. The first-order valence-corrected chi connectivity index (χ1v) is 44.7. The van der Waals surface area contributed by atoms with Crippen LogP contribution in [0.2, 0.25) is 0 Å². The molecular weight excluding hydrogens is 1430 g/mol. The highest BCUT2D eigenvalue weighted by Crippen LogP contribution is 2.45. The molecule has 0 aromatic carbocycles. The van der Waals surface area contributed by atoms with E-state index in [1.165, 1.54) is 19.3 Å². The Hall–Kier alpha value is -6.10. The van der Waals surface area contributed by atoms with E-state index in [0.717, 1.165) is 199 Å². The largest absolute Gasteiger partial charge is 0.472 e. The second-order valence-electron chi connectivity index (χ2n) is 26.9. The minimum absolute atomic E-state index is 0.0665. The molecule has 0 rings (SSSR count). The maximum absolute atomic E-state index is 13.1. The topological polar surface area (TPSA) is 237 Å². The van der Waals surface area contributed by atoms with Crippen molar-refractivity contribution in [3.8, 4) is 0 Å². The van der Waals surface area contributed by atoms with Gasteiger partial charge in [0.1, 0.15) is 19.3 Å². The Kier molecular flexibility index (Phi) is 76.4. The van der Waals surface area contributed by atoms with Crippen LogP contribution in [0.15, 0.2) is 194 Å². The third-order valence-electron chi connectivity index (χ3n) is 16.6. The van der Waals surface area contributed by atoms with Crippen LogP contribution < -0.4 is 0 Å². The van der Waals surface area contributed by atoms with Crippen LogP contribution in [0.5, 0.6) is 0 Å². The molecule has 5 atom stereocenters. The van der Waals surface area contributed by atoms with Crippen molar-refractivity contribution in [2.75, 3.05) is 39.6 Å². The second-order valence-corrected chi connectivity index (χ2v) is 29.8. The number of carbonyl (C=O) groups excluding carboxylic acids is 4. The fraction of sp³-hybridized carbons (Fsp3) is 0.604. The van der Waals surface area contributed by atoms with E-state index in [0.29, 0.717) is 25.7 Å². The molecule has 0 aromatic heterocycles. The molecule has 0 saturated carbocycles. The molecule has 17 nitrogen and oxygen atoms in total. The quantitative estimate of drug-likeness (QED) is 0.0169. The van der Waals surface area contributed by atoms with Gasteiger partial charge in [-0.1, -0.05) is 299 Å². The Labute approximate surface area is 666 Å². The Bertz CT molecular complexity index is 2850. The van der Waals surface area contributed by atoms with Crippen molar-refractivity contribution >= 4 is 39.5 Å². The number of unbranched alkanes of at least 4 members (excludes halogenated alkanes) is 19. The van der Waals surface area contributed by atoms with Crippen LogP contribution >= 0.6 is 15.6 Å². The molecule has 110 heavy (non-hydrogen) atoms. The number of hydrogen-bond donors (Lipinski definition) is 3. The van der Waals surface area contributed by atoms with Gasteiger partial charge in [0.25, 0.3) is 0 Å². The molecule has 5 unspecified atom stereocenters. The molecule has 0 aromatic rings. The molecule has 0 spiro atoms. The molecule has 0 bridgehead atoms. The smallest absolute Gasteiger partial charge is 0.462 e. The van der Waals surface area contributed by atoms with E-state index >= 15 is 0 Å². The summed E-state index contributed by atoms with van der Waals surface area (Å²) in [4.78, 5) is 73.2. The maximum Gasteiger partial charge on any atom is 0.472 e. The maximum atomic E-state index is 13.1. The number of allylic oxidation sites excluding steroid dienone is 31.